The number of aromatic amines is 1. The van der Waals surface area contributed by atoms with Crippen molar-refractivity contribution in [2.75, 3.05) is 6.61 Å². The Labute approximate surface area is 107 Å². The number of ether oxygens (including phenoxy) is 1. The molecular formula is C13H18N4O. The molecule has 96 valence electrons. The van der Waals surface area contributed by atoms with E-state index in [1.54, 1.807) is 6.20 Å². The van der Waals surface area contributed by atoms with Gasteiger partial charge in [-0.15, -0.1) is 0 Å². The molecule has 0 amide bonds. The summed E-state index contributed by atoms with van der Waals surface area (Å²) in [6.45, 7) is 8.68. The van der Waals surface area contributed by atoms with Crippen molar-refractivity contribution in [2.24, 2.45) is 5.92 Å². The van der Waals surface area contributed by atoms with Crippen molar-refractivity contribution in [1.82, 2.24) is 15.0 Å². The number of nitrogens with zero attached hydrogens (tertiary/aromatic N) is 3. The maximum atomic E-state index is 8.95. The Morgan fingerprint density at radius 2 is 2.11 bits per heavy atom. The summed E-state index contributed by atoms with van der Waals surface area (Å²) in [5.74, 6) is 0.881. The van der Waals surface area contributed by atoms with Crippen molar-refractivity contribution in [2.45, 2.75) is 27.7 Å². The van der Waals surface area contributed by atoms with Gasteiger partial charge in [-0.25, -0.2) is 9.97 Å². The number of hydrogen-bond donors (Lipinski definition) is 1. The first kappa shape index (κ1) is 14.0. The predicted octanol–water partition coefficient (Wildman–Crippen LogP) is 2.89. The first-order valence-electron chi connectivity index (χ1n) is 6.07. The van der Waals surface area contributed by atoms with Gasteiger partial charge in [0.1, 0.15) is 18.0 Å². The summed E-state index contributed by atoms with van der Waals surface area (Å²) in [6, 6.07) is 2.09. The summed E-state index contributed by atoms with van der Waals surface area (Å²) < 4.78 is 5.56. The number of nitriles is 1. The molecule has 0 saturated carbocycles. The number of aromatic nitrogens is 3. The minimum Gasteiger partial charge on any atom is -0.477 e. The van der Waals surface area contributed by atoms with Crippen LogP contribution in [0.15, 0.2) is 12.5 Å². The molecule has 2 aromatic heterocycles. The van der Waals surface area contributed by atoms with Crippen molar-refractivity contribution in [3.05, 3.63) is 18.1 Å². The van der Waals surface area contributed by atoms with Gasteiger partial charge in [-0.05, 0) is 5.92 Å². The summed E-state index contributed by atoms with van der Waals surface area (Å²) in [7, 11) is 0. The second-order valence-electron chi connectivity index (χ2n) is 3.92. The highest BCUT2D eigenvalue weighted by molar-refractivity contribution is 5.87. The highest BCUT2D eigenvalue weighted by Crippen LogP contribution is 2.24. The van der Waals surface area contributed by atoms with Crippen LogP contribution in [-0.4, -0.2) is 21.6 Å². The Balaban J connectivity index is 0.000000771. The van der Waals surface area contributed by atoms with Crippen molar-refractivity contribution in [3.8, 4) is 11.9 Å². The number of nitrogens with one attached hydrogen (secondary N) is 1. The number of fused-ring (bicyclic) bond motifs is 1. The summed E-state index contributed by atoms with van der Waals surface area (Å²) >= 11 is 0. The molecule has 0 aliphatic rings. The van der Waals surface area contributed by atoms with Crippen LogP contribution in [-0.2, 0) is 0 Å². The molecule has 0 fully saturated rings. The monoisotopic (exact) mass is 246 g/mol. The van der Waals surface area contributed by atoms with Crippen LogP contribution in [0.4, 0.5) is 0 Å². The lowest BCUT2D eigenvalue weighted by Crippen LogP contribution is -2.06. The minimum absolute atomic E-state index is 0.412. The average molecular weight is 246 g/mol. The highest BCUT2D eigenvalue weighted by Gasteiger charge is 2.12. The van der Waals surface area contributed by atoms with Gasteiger partial charge in [0.05, 0.1) is 17.6 Å². The predicted molar refractivity (Wildman–Crippen MR) is 70.3 cm³/mol. The SMILES string of the molecule is CC.CC(C)COc1ncnc2[nH]cc(C#N)c12. The molecule has 0 radical (unpaired) electrons. The first-order chi connectivity index (χ1) is 8.72. The number of H-pyrrole nitrogens is 1. The quantitative estimate of drug-likeness (QED) is 0.903. The van der Waals surface area contributed by atoms with E-state index in [0.717, 1.165) is 0 Å². The third-order valence-electron chi connectivity index (χ3n) is 2.11. The van der Waals surface area contributed by atoms with E-state index in [1.165, 1.54) is 6.33 Å². The molecule has 5 heteroatoms. The van der Waals surface area contributed by atoms with Gasteiger partial charge >= 0.3 is 0 Å². The fourth-order valence-corrected chi connectivity index (χ4v) is 1.38. The molecule has 0 unspecified atom stereocenters. The molecule has 0 aliphatic heterocycles. The molecule has 5 nitrogen and oxygen atoms in total. The van der Waals surface area contributed by atoms with E-state index in [-0.39, 0.29) is 0 Å². The topological polar surface area (TPSA) is 74.6 Å². The van der Waals surface area contributed by atoms with Crippen LogP contribution in [0.1, 0.15) is 33.3 Å². The summed E-state index contributed by atoms with van der Waals surface area (Å²) in [4.78, 5) is 11.0. The van der Waals surface area contributed by atoms with Crippen LogP contribution in [0.3, 0.4) is 0 Å². The molecule has 1 N–H and O–H groups in total. The molecule has 2 aromatic rings. The molecule has 0 spiro atoms. The van der Waals surface area contributed by atoms with Crippen molar-refractivity contribution < 1.29 is 4.74 Å². The maximum Gasteiger partial charge on any atom is 0.227 e. The van der Waals surface area contributed by atoms with Gasteiger partial charge in [-0.1, -0.05) is 27.7 Å². The van der Waals surface area contributed by atoms with Gasteiger partial charge in [0.25, 0.3) is 0 Å². The van der Waals surface area contributed by atoms with Crippen LogP contribution in [0.5, 0.6) is 5.88 Å². The number of rotatable bonds is 3. The number of hydrogen-bond acceptors (Lipinski definition) is 4. The maximum absolute atomic E-state index is 8.95. The zero-order chi connectivity index (χ0) is 13.5. The third-order valence-corrected chi connectivity index (χ3v) is 2.11. The van der Waals surface area contributed by atoms with Crippen LogP contribution in [0.2, 0.25) is 0 Å². The van der Waals surface area contributed by atoms with Gasteiger partial charge in [0.2, 0.25) is 5.88 Å². The van der Waals surface area contributed by atoms with Crippen molar-refractivity contribution in [1.29, 1.82) is 5.26 Å². The lowest BCUT2D eigenvalue weighted by atomic mass is 10.2. The zero-order valence-electron chi connectivity index (χ0n) is 11.2. The molecule has 0 saturated heterocycles. The van der Waals surface area contributed by atoms with Gasteiger partial charge in [-0.2, -0.15) is 5.26 Å². The van der Waals surface area contributed by atoms with Gasteiger partial charge in [0.15, 0.2) is 0 Å². The van der Waals surface area contributed by atoms with Crippen molar-refractivity contribution in [3.63, 3.8) is 0 Å². The molecule has 0 aliphatic carbocycles. The normalized spacial score (nSPS) is 9.78. The van der Waals surface area contributed by atoms with E-state index in [0.29, 0.717) is 35.0 Å². The van der Waals surface area contributed by atoms with Gasteiger partial charge < -0.3 is 9.72 Å². The molecule has 0 bridgehead atoms. The van der Waals surface area contributed by atoms with Crippen LogP contribution >= 0.6 is 0 Å². The highest BCUT2D eigenvalue weighted by atomic mass is 16.5. The zero-order valence-corrected chi connectivity index (χ0v) is 11.2. The van der Waals surface area contributed by atoms with Crippen LogP contribution < -0.4 is 4.74 Å². The van der Waals surface area contributed by atoms with Crippen LogP contribution in [0.25, 0.3) is 11.0 Å². The molecule has 2 heterocycles. The lowest BCUT2D eigenvalue weighted by Gasteiger charge is -2.07. The fourth-order valence-electron chi connectivity index (χ4n) is 1.38. The molecular weight excluding hydrogens is 228 g/mol. The third kappa shape index (κ3) is 2.98. The molecule has 0 atom stereocenters. The first-order valence-corrected chi connectivity index (χ1v) is 6.07. The second-order valence-corrected chi connectivity index (χ2v) is 3.92. The van der Waals surface area contributed by atoms with Gasteiger partial charge in [0, 0.05) is 6.20 Å². The van der Waals surface area contributed by atoms with E-state index in [9.17, 15) is 0 Å². The minimum atomic E-state index is 0.412. The van der Waals surface area contributed by atoms with Crippen LogP contribution in [0, 0.1) is 17.2 Å². The molecule has 2 rings (SSSR count). The molecule has 18 heavy (non-hydrogen) atoms. The summed E-state index contributed by atoms with van der Waals surface area (Å²) in [5, 5.41) is 9.60. The Kier molecular flexibility index (Phi) is 5.12. The average Bonchev–Trinajstić information content (AvgIpc) is 2.82. The lowest BCUT2D eigenvalue weighted by molar-refractivity contribution is 0.264. The molecule has 0 aromatic carbocycles. The van der Waals surface area contributed by atoms with E-state index >= 15 is 0 Å². The largest absolute Gasteiger partial charge is 0.477 e. The summed E-state index contributed by atoms with van der Waals surface area (Å²) in [5.41, 5.74) is 1.14. The van der Waals surface area contributed by atoms with E-state index in [4.69, 9.17) is 10.00 Å². The van der Waals surface area contributed by atoms with E-state index in [2.05, 4.69) is 34.9 Å². The standard InChI is InChI=1S/C11H12N4O.C2H6/c1-7(2)5-16-11-9-8(3-12)4-13-10(9)14-6-15-11;1-2/h4,6-7H,5H2,1-2H3,(H,13,14,15);1-2H3. The smallest absolute Gasteiger partial charge is 0.227 e. The Bertz CT molecular complexity index is 539. The fraction of sp³-hybridized carbons (Fsp3) is 0.462. The Morgan fingerprint density at radius 1 is 1.39 bits per heavy atom. The second kappa shape index (κ2) is 6.60. The Hall–Kier alpha value is -2.09. The summed E-state index contributed by atoms with van der Waals surface area (Å²) in [6.07, 6.45) is 3.04. The Morgan fingerprint density at radius 3 is 2.72 bits per heavy atom. The van der Waals surface area contributed by atoms with E-state index < -0.39 is 0 Å². The van der Waals surface area contributed by atoms with E-state index in [1.807, 2.05) is 13.8 Å². The van der Waals surface area contributed by atoms with Gasteiger partial charge in [-0.3, -0.25) is 0 Å². The van der Waals surface area contributed by atoms with Crippen molar-refractivity contribution >= 4 is 11.0 Å².